The van der Waals surface area contributed by atoms with Crippen LogP contribution in [0.15, 0.2) is 48.5 Å². The van der Waals surface area contributed by atoms with Gasteiger partial charge in [-0.3, -0.25) is 0 Å². The predicted octanol–water partition coefficient (Wildman–Crippen LogP) is 9.39. The fourth-order valence-electron chi connectivity index (χ4n) is 1.88. The summed E-state index contributed by atoms with van der Waals surface area (Å²) in [5.74, 6) is 0.653. The van der Waals surface area contributed by atoms with Gasteiger partial charge in [-0.25, -0.2) is 0 Å². The smallest absolute Gasteiger partial charge is 0.0219 e. The highest BCUT2D eigenvalue weighted by molar-refractivity contribution is 5.23. The molecule has 0 nitrogen and oxygen atoms in total. The molecule has 0 fully saturated rings. The van der Waals surface area contributed by atoms with Gasteiger partial charge in [-0.05, 0) is 37.3 Å². The molecule has 152 valence electrons. The zero-order valence-corrected chi connectivity index (χ0v) is 18.9. The summed E-state index contributed by atoms with van der Waals surface area (Å²) in [4.78, 5) is 0. The molecule has 0 radical (unpaired) electrons. The Balaban J connectivity index is -0.000000141. The maximum atomic E-state index is 2.22. The van der Waals surface area contributed by atoms with Crippen molar-refractivity contribution < 1.29 is 0 Å². The summed E-state index contributed by atoms with van der Waals surface area (Å²) in [7, 11) is 0. The minimum absolute atomic E-state index is 0. The molecule has 2 aromatic rings. The molecular formula is C26H48. The van der Waals surface area contributed by atoms with Gasteiger partial charge in [-0.1, -0.05) is 129 Å². The van der Waals surface area contributed by atoms with Gasteiger partial charge in [0.25, 0.3) is 0 Å². The van der Waals surface area contributed by atoms with Crippen molar-refractivity contribution in [2.75, 3.05) is 0 Å². The average molecular weight is 361 g/mol. The van der Waals surface area contributed by atoms with Crippen LogP contribution in [0.2, 0.25) is 0 Å². The van der Waals surface area contributed by atoms with Gasteiger partial charge >= 0.3 is 0 Å². The largest absolute Gasteiger partial charge is 0.0776 e. The van der Waals surface area contributed by atoms with Crippen LogP contribution in [-0.2, 0) is 6.42 Å². The standard InChI is InChI=1S/C10H14.C9H12.3C2H6.CH4/c1-8(2)10-6-4-9(3)5-7-10;1-3-9-6-4-5-8(2)7-9;3*1-2;/h4-8H,1-3H3;4-7H,3H2,1-2H3;3*1-2H3;1H4. The molecule has 0 atom stereocenters. The van der Waals surface area contributed by atoms with Crippen LogP contribution < -0.4 is 0 Å². The highest BCUT2D eigenvalue weighted by atomic mass is 14.0. The number of benzene rings is 2. The number of rotatable bonds is 2. The van der Waals surface area contributed by atoms with E-state index in [0.717, 1.165) is 6.42 Å². The molecule has 2 rings (SSSR count). The van der Waals surface area contributed by atoms with Crippen molar-refractivity contribution in [3.8, 4) is 0 Å². The molecule has 0 unspecified atom stereocenters. The van der Waals surface area contributed by atoms with Crippen molar-refractivity contribution in [2.24, 2.45) is 0 Å². The molecule has 0 spiro atoms. The molecule has 0 N–H and O–H groups in total. The first-order chi connectivity index (χ1) is 12.0. The summed E-state index contributed by atoms with van der Waals surface area (Å²) in [5, 5.41) is 0. The van der Waals surface area contributed by atoms with E-state index >= 15 is 0 Å². The van der Waals surface area contributed by atoms with Gasteiger partial charge in [0.05, 0.1) is 0 Å². The Morgan fingerprint density at radius 2 is 1.15 bits per heavy atom. The van der Waals surface area contributed by atoms with E-state index in [1.54, 1.807) is 0 Å². The fraction of sp³-hybridized carbons (Fsp3) is 0.538. The highest BCUT2D eigenvalue weighted by Gasteiger charge is 1.95. The topological polar surface area (TPSA) is 0 Å². The van der Waals surface area contributed by atoms with Crippen LogP contribution in [0.4, 0.5) is 0 Å². The van der Waals surface area contributed by atoms with Gasteiger partial charge in [0.15, 0.2) is 0 Å². The quantitative estimate of drug-likeness (QED) is 0.500. The fourth-order valence-corrected chi connectivity index (χ4v) is 1.88. The van der Waals surface area contributed by atoms with Crippen LogP contribution in [0.1, 0.15) is 97.9 Å². The molecule has 0 aliphatic rings. The van der Waals surface area contributed by atoms with Crippen LogP contribution in [0, 0.1) is 13.8 Å². The van der Waals surface area contributed by atoms with Crippen molar-refractivity contribution >= 4 is 0 Å². The Morgan fingerprint density at radius 1 is 0.692 bits per heavy atom. The summed E-state index contributed by atoms with van der Waals surface area (Å²) in [5.41, 5.74) is 5.54. The lowest BCUT2D eigenvalue weighted by Crippen LogP contribution is -1.85. The Morgan fingerprint density at radius 3 is 1.46 bits per heavy atom. The summed E-state index contributed by atoms with van der Waals surface area (Å²) >= 11 is 0. The van der Waals surface area contributed by atoms with Crippen LogP contribution in [-0.4, -0.2) is 0 Å². The van der Waals surface area contributed by atoms with Crippen LogP contribution in [0.5, 0.6) is 0 Å². The van der Waals surface area contributed by atoms with E-state index in [-0.39, 0.29) is 7.43 Å². The molecule has 0 saturated heterocycles. The second kappa shape index (κ2) is 23.4. The molecule has 0 heterocycles. The summed E-state index contributed by atoms with van der Waals surface area (Å²) in [6.07, 6.45) is 1.14. The van der Waals surface area contributed by atoms with Gasteiger partial charge < -0.3 is 0 Å². The van der Waals surface area contributed by atoms with Crippen LogP contribution >= 0.6 is 0 Å². The zero-order chi connectivity index (χ0) is 20.3. The molecule has 0 saturated carbocycles. The predicted molar refractivity (Wildman–Crippen MR) is 127 cm³/mol. The first kappa shape index (κ1) is 32.1. The van der Waals surface area contributed by atoms with E-state index < -0.39 is 0 Å². The molecule has 2 aromatic carbocycles. The molecule has 0 aliphatic heterocycles. The van der Waals surface area contributed by atoms with E-state index in [9.17, 15) is 0 Å². The number of hydrogen-bond donors (Lipinski definition) is 0. The summed E-state index contributed by atoms with van der Waals surface area (Å²) < 4.78 is 0. The normalized spacial score (nSPS) is 8.00. The van der Waals surface area contributed by atoms with Crippen molar-refractivity contribution in [3.63, 3.8) is 0 Å². The Kier molecular flexibility index (Phi) is 29.0. The average Bonchev–Trinajstić information content (AvgIpc) is 2.67. The molecule has 26 heavy (non-hydrogen) atoms. The first-order valence-corrected chi connectivity index (χ1v) is 10.1. The highest BCUT2D eigenvalue weighted by Crippen LogP contribution is 2.13. The zero-order valence-electron chi connectivity index (χ0n) is 18.9. The van der Waals surface area contributed by atoms with Crippen LogP contribution in [0.25, 0.3) is 0 Å². The molecular weight excluding hydrogens is 312 g/mol. The van der Waals surface area contributed by atoms with E-state index in [1.165, 1.54) is 22.3 Å². The van der Waals surface area contributed by atoms with E-state index in [0.29, 0.717) is 5.92 Å². The SMILES string of the molecule is C.CC.CC.CC.CCc1cccc(C)c1.Cc1ccc(C(C)C)cc1. The van der Waals surface area contributed by atoms with E-state index in [2.05, 4.69) is 83.1 Å². The minimum Gasteiger partial charge on any atom is -0.0776 e. The maximum Gasteiger partial charge on any atom is -0.0219 e. The monoisotopic (exact) mass is 360 g/mol. The first-order valence-electron chi connectivity index (χ1n) is 10.1. The van der Waals surface area contributed by atoms with Gasteiger partial charge in [0.2, 0.25) is 0 Å². The van der Waals surface area contributed by atoms with Gasteiger partial charge in [0.1, 0.15) is 0 Å². The summed E-state index contributed by atoms with van der Waals surface area (Å²) in [6.45, 7) is 22.8. The van der Waals surface area contributed by atoms with Gasteiger partial charge in [0, 0.05) is 0 Å². The Hall–Kier alpha value is -1.56. The Bertz CT molecular complexity index is 478. The van der Waals surface area contributed by atoms with Crippen LogP contribution in [0.3, 0.4) is 0 Å². The van der Waals surface area contributed by atoms with Gasteiger partial charge in [-0.2, -0.15) is 0 Å². The second-order valence-corrected chi connectivity index (χ2v) is 5.41. The van der Waals surface area contributed by atoms with E-state index in [4.69, 9.17) is 0 Å². The summed E-state index contributed by atoms with van der Waals surface area (Å²) in [6, 6.07) is 17.3. The molecule has 0 aliphatic carbocycles. The molecule has 0 amide bonds. The Labute approximate surface area is 167 Å². The maximum absolute atomic E-state index is 2.22. The van der Waals surface area contributed by atoms with Crippen molar-refractivity contribution in [3.05, 3.63) is 70.8 Å². The lowest BCUT2D eigenvalue weighted by molar-refractivity contribution is 0.866. The second-order valence-electron chi connectivity index (χ2n) is 5.41. The third kappa shape index (κ3) is 17.3. The lowest BCUT2D eigenvalue weighted by Gasteiger charge is -2.03. The third-order valence-corrected chi connectivity index (χ3v) is 3.23. The number of aryl methyl sites for hydroxylation is 3. The third-order valence-electron chi connectivity index (χ3n) is 3.23. The minimum atomic E-state index is 0. The number of hydrogen-bond acceptors (Lipinski definition) is 0. The van der Waals surface area contributed by atoms with E-state index in [1.807, 2.05) is 41.5 Å². The van der Waals surface area contributed by atoms with Crippen molar-refractivity contribution in [1.29, 1.82) is 0 Å². The van der Waals surface area contributed by atoms with Crippen molar-refractivity contribution in [2.45, 2.75) is 95.9 Å². The molecule has 0 bridgehead atoms. The van der Waals surface area contributed by atoms with Gasteiger partial charge in [-0.15, -0.1) is 0 Å². The molecule has 0 aromatic heterocycles. The molecule has 0 heteroatoms. The van der Waals surface area contributed by atoms with Crippen molar-refractivity contribution in [1.82, 2.24) is 0 Å². The lowest BCUT2D eigenvalue weighted by atomic mass is 10.0.